The fraction of sp³-hybridized carbons (Fsp3) is 0.920. The van der Waals surface area contributed by atoms with Gasteiger partial charge in [0.05, 0.1) is 17.3 Å². The number of carbonyl (C=O) groups excluding carboxylic acids is 2. The third kappa shape index (κ3) is 4.41. The van der Waals surface area contributed by atoms with E-state index in [0.717, 1.165) is 64.2 Å². The Kier molecular flexibility index (Phi) is 6.99. The molecular weight excluding hydrogens is 454 g/mol. The van der Waals surface area contributed by atoms with Gasteiger partial charge in [-0.25, -0.2) is 12.7 Å². The largest absolute Gasteiger partial charge is 0.368 e. The van der Waals surface area contributed by atoms with Crippen molar-refractivity contribution in [3.8, 4) is 0 Å². The average Bonchev–Trinajstić information content (AvgIpc) is 3.31. The minimum absolute atomic E-state index is 0.0165. The Hall–Kier alpha value is -1.19. The van der Waals surface area contributed by atoms with Gasteiger partial charge in [0.2, 0.25) is 15.9 Å². The topological polar surface area (TPSA) is 87.2 Å². The van der Waals surface area contributed by atoms with Crippen molar-refractivity contribution in [2.45, 2.75) is 108 Å². The molecule has 34 heavy (non-hydrogen) atoms. The maximum atomic E-state index is 13.4. The molecule has 3 aliphatic heterocycles. The lowest BCUT2D eigenvalue weighted by Crippen LogP contribution is -2.68. The van der Waals surface area contributed by atoms with Crippen LogP contribution in [0.1, 0.15) is 78.1 Å². The van der Waals surface area contributed by atoms with E-state index in [2.05, 4.69) is 11.8 Å². The van der Waals surface area contributed by atoms with Crippen molar-refractivity contribution in [1.82, 2.24) is 14.1 Å². The van der Waals surface area contributed by atoms with E-state index in [1.54, 1.807) is 11.2 Å². The van der Waals surface area contributed by atoms with Gasteiger partial charge in [-0.2, -0.15) is 0 Å². The lowest BCUT2D eigenvalue weighted by atomic mass is 9.69. The van der Waals surface area contributed by atoms with Crippen molar-refractivity contribution in [3.05, 3.63) is 0 Å². The lowest BCUT2D eigenvalue weighted by molar-refractivity contribution is -0.160. The summed E-state index contributed by atoms with van der Waals surface area (Å²) in [6.45, 7) is 6.31. The Morgan fingerprint density at radius 1 is 0.882 bits per heavy atom. The Morgan fingerprint density at radius 3 is 2.18 bits per heavy atom. The molecule has 5 atom stereocenters. The molecule has 2 amide bonds. The maximum absolute atomic E-state index is 13.4. The number of nitrogens with zero attached hydrogens (tertiary/aromatic N) is 3. The first-order valence-corrected chi connectivity index (χ1v) is 15.0. The van der Waals surface area contributed by atoms with Crippen LogP contribution in [-0.2, 0) is 24.3 Å². The molecule has 2 saturated carbocycles. The van der Waals surface area contributed by atoms with E-state index in [4.69, 9.17) is 4.74 Å². The quantitative estimate of drug-likeness (QED) is 0.598. The summed E-state index contributed by atoms with van der Waals surface area (Å²) in [5, 5.41) is -0.221. The zero-order valence-corrected chi connectivity index (χ0v) is 21.5. The summed E-state index contributed by atoms with van der Waals surface area (Å²) >= 11 is 0. The normalized spacial score (nSPS) is 39.4. The van der Waals surface area contributed by atoms with Crippen LogP contribution in [-0.4, -0.2) is 90.1 Å². The van der Waals surface area contributed by atoms with Crippen LogP contribution in [0.15, 0.2) is 0 Å². The first-order chi connectivity index (χ1) is 16.3. The molecule has 2 aliphatic carbocycles. The van der Waals surface area contributed by atoms with Crippen molar-refractivity contribution in [3.63, 3.8) is 0 Å². The summed E-state index contributed by atoms with van der Waals surface area (Å²) in [6.07, 6.45) is 8.65. The van der Waals surface area contributed by atoms with Crippen LogP contribution >= 0.6 is 0 Å². The first kappa shape index (κ1) is 24.5. The van der Waals surface area contributed by atoms with Crippen molar-refractivity contribution in [1.29, 1.82) is 0 Å². The van der Waals surface area contributed by atoms with E-state index in [1.807, 2.05) is 4.90 Å². The summed E-state index contributed by atoms with van der Waals surface area (Å²) in [5.41, 5.74) is 0. The van der Waals surface area contributed by atoms with E-state index in [-0.39, 0.29) is 41.3 Å². The number of rotatable bonds is 4. The van der Waals surface area contributed by atoms with Crippen molar-refractivity contribution in [2.75, 3.05) is 26.2 Å². The standard InChI is InChI=1S/C25H41N3O5S/c1-17-16-27(25(30)24-5-3-14-33-24)23-15-20(8-11-22(23)28(17)18(2)29)19-6-9-21(10-7-19)34(31,32)26-12-4-13-26/h17,19-24H,3-16H2,1-2H3/t17-,19?,20?,21?,22?,23?,24?/m0/s1. The van der Waals surface area contributed by atoms with E-state index in [0.29, 0.717) is 38.1 Å². The van der Waals surface area contributed by atoms with Crippen molar-refractivity contribution in [2.24, 2.45) is 11.8 Å². The summed E-state index contributed by atoms with van der Waals surface area (Å²) in [4.78, 5) is 30.0. The molecule has 3 heterocycles. The third-order valence-electron chi connectivity index (χ3n) is 9.35. The number of ether oxygens (including phenoxy) is 1. The highest BCUT2D eigenvalue weighted by Crippen LogP contribution is 2.44. The average molecular weight is 496 g/mol. The van der Waals surface area contributed by atoms with Gasteiger partial charge in [0.25, 0.3) is 5.91 Å². The van der Waals surface area contributed by atoms with Crippen LogP contribution in [0.2, 0.25) is 0 Å². The second-order valence-electron chi connectivity index (χ2n) is 11.3. The Morgan fingerprint density at radius 2 is 1.59 bits per heavy atom. The van der Waals surface area contributed by atoms with Gasteiger partial charge in [0.1, 0.15) is 6.10 Å². The monoisotopic (exact) mass is 495 g/mol. The predicted octanol–water partition coefficient (Wildman–Crippen LogP) is 2.38. The lowest BCUT2D eigenvalue weighted by Gasteiger charge is -2.55. The number of hydrogen-bond donors (Lipinski definition) is 0. The molecule has 5 aliphatic rings. The highest BCUT2D eigenvalue weighted by Gasteiger charge is 2.49. The molecular formula is C25H41N3O5S. The zero-order valence-electron chi connectivity index (χ0n) is 20.7. The number of fused-ring (bicyclic) bond motifs is 1. The van der Waals surface area contributed by atoms with Crippen LogP contribution in [0.3, 0.4) is 0 Å². The van der Waals surface area contributed by atoms with Gasteiger partial charge in [-0.1, -0.05) is 0 Å². The number of carbonyl (C=O) groups is 2. The molecule has 0 aromatic rings. The molecule has 4 unspecified atom stereocenters. The molecule has 8 nitrogen and oxygen atoms in total. The molecule has 0 radical (unpaired) electrons. The summed E-state index contributed by atoms with van der Waals surface area (Å²) in [7, 11) is -3.13. The molecule has 0 spiro atoms. The smallest absolute Gasteiger partial charge is 0.252 e. The van der Waals surface area contributed by atoms with Crippen LogP contribution in [0.4, 0.5) is 0 Å². The minimum Gasteiger partial charge on any atom is -0.368 e. The zero-order chi connectivity index (χ0) is 24.0. The van der Waals surface area contributed by atoms with Crippen LogP contribution in [0, 0.1) is 11.8 Å². The van der Waals surface area contributed by atoms with Crippen LogP contribution < -0.4 is 0 Å². The van der Waals surface area contributed by atoms with Crippen LogP contribution in [0.25, 0.3) is 0 Å². The van der Waals surface area contributed by atoms with E-state index in [1.165, 1.54) is 0 Å². The van der Waals surface area contributed by atoms with E-state index >= 15 is 0 Å². The second-order valence-corrected chi connectivity index (χ2v) is 13.5. The Balaban J connectivity index is 1.28. The molecule has 5 rings (SSSR count). The number of sulfonamides is 1. The van der Waals surface area contributed by atoms with Crippen molar-refractivity contribution < 1.29 is 22.7 Å². The molecule has 3 saturated heterocycles. The molecule has 5 fully saturated rings. The number of hydrogen-bond acceptors (Lipinski definition) is 5. The predicted molar refractivity (Wildman–Crippen MR) is 128 cm³/mol. The molecule has 0 bridgehead atoms. The minimum atomic E-state index is -3.13. The molecule has 192 valence electrons. The fourth-order valence-electron chi connectivity index (χ4n) is 7.45. The molecule has 0 aromatic carbocycles. The Bertz CT molecular complexity index is 877. The summed E-state index contributed by atoms with van der Waals surface area (Å²) < 4.78 is 33.1. The molecule has 9 heteroatoms. The summed E-state index contributed by atoms with van der Waals surface area (Å²) in [6, 6.07) is 0.131. The van der Waals surface area contributed by atoms with E-state index < -0.39 is 10.0 Å². The van der Waals surface area contributed by atoms with Gasteiger partial charge in [-0.15, -0.1) is 0 Å². The van der Waals surface area contributed by atoms with Gasteiger partial charge in [-0.3, -0.25) is 9.59 Å². The second kappa shape index (κ2) is 9.69. The van der Waals surface area contributed by atoms with Gasteiger partial charge in [0.15, 0.2) is 0 Å². The van der Waals surface area contributed by atoms with E-state index in [9.17, 15) is 18.0 Å². The fourth-order valence-corrected chi connectivity index (χ4v) is 9.51. The van der Waals surface area contributed by atoms with Gasteiger partial charge >= 0.3 is 0 Å². The highest BCUT2D eigenvalue weighted by atomic mass is 32.2. The van der Waals surface area contributed by atoms with Crippen molar-refractivity contribution >= 4 is 21.8 Å². The number of amides is 2. The van der Waals surface area contributed by atoms with Gasteiger partial charge < -0.3 is 14.5 Å². The molecule has 0 N–H and O–H groups in total. The summed E-state index contributed by atoms with van der Waals surface area (Å²) in [5.74, 6) is 1.19. The Labute approximate surface area is 204 Å². The number of piperazine rings is 1. The third-order valence-corrected chi connectivity index (χ3v) is 11.7. The maximum Gasteiger partial charge on any atom is 0.252 e. The van der Waals surface area contributed by atoms with Gasteiger partial charge in [-0.05, 0) is 83.0 Å². The van der Waals surface area contributed by atoms with Crippen LogP contribution in [0.5, 0.6) is 0 Å². The highest BCUT2D eigenvalue weighted by molar-refractivity contribution is 7.89. The SMILES string of the molecule is CC(=O)N1C2CCC(C3CCC(S(=O)(=O)N4CCC4)CC3)CC2N(C(=O)C2CCCO2)C[C@@H]1C. The van der Waals surface area contributed by atoms with Gasteiger partial charge in [0, 0.05) is 39.2 Å². The molecule has 0 aromatic heterocycles. The first-order valence-electron chi connectivity index (χ1n) is 13.5.